The van der Waals surface area contributed by atoms with Crippen LogP contribution in [0.25, 0.3) is 11.5 Å². The highest BCUT2D eigenvalue weighted by atomic mass is 16.5. The minimum atomic E-state index is -0.244. The number of carbonyl (C=O) groups excluding carboxylic acids is 2. The number of carbonyl (C=O) groups is 2. The standard InChI is InChI=1S/C21H23N5O3/c1-14(27)15-7-9-16(10-8-15)21(28)26-11-5-3-4-6-18(26)19-23-20(29-24-19)17-12-22-25(2)13-17/h7-10,12-13,18H,3-6,11H2,1-2H3/t18-/m1/s1. The number of ketones is 1. The average Bonchev–Trinajstić information content (AvgIpc) is 3.30. The molecule has 1 aliphatic heterocycles. The van der Waals surface area contributed by atoms with Gasteiger partial charge < -0.3 is 9.42 Å². The summed E-state index contributed by atoms with van der Waals surface area (Å²) in [6, 6.07) is 6.55. The maximum Gasteiger partial charge on any atom is 0.261 e. The van der Waals surface area contributed by atoms with Crippen molar-refractivity contribution in [2.45, 2.75) is 38.6 Å². The lowest BCUT2D eigenvalue weighted by Gasteiger charge is -2.28. The Bertz CT molecular complexity index is 1020. The first-order valence-corrected chi connectivity index (χ1v) is 9.77. The van der Waals surface area contributed by atoms with Gasteiger partial charge in [0.1, 0.15) is 0 Å². The van der Waals surface area contributed by atoms with Gasteiger partial charge in [-0.2, -0.15) is 10.1 Å². The van der Waals surface area contributed by atoms with Crippen molar-refractivity contribution in [3.63, 3.8) is 0 Å². The van der Waals surface area contributed by atoms with Gasteiger partial charge in [0.25, 0.3) is 11.8 Å². The van der Waals surface area contributed by atoms with Crippen LogP contribution in [0.15, 0.2) is 41.2 Å². The van der Waals surface area contributed by atoms with E-state index in [2.05, 4.69) is 15.2 Å². The van der Waals surface area contributed by atoms with Gasteiger partial charge in [-0.1, -0.05) is 30.1 Å². The molecule has 0 N–H and O–H groups in total. The van der Waals surface area contributed by atoms with E-state index in [-0.39, 0.29) is 17.7 Å². The van der Waals surface area contributed by atoms with E-state index in [1.807, 2.05) is 18.1 Å². The van der Waals surface area contributed by atoms with E-state index in [0.29, 0.717) is 29.4 Å². The predicted molar refractivity (Wildman–Crippen MR) is 105 cm³/mol. The lowest BCUT2D eigenvalue weighted by molar-refractivity contribution is 0.0670. The Hall–Kier alpha value is -3.29. The molecule has 8 heteroatoms. The smallest absolute Gasteiger partial charge is 0.261 e. The van der Waals surface area contributed by atoms with Crippen LogP contribution in [0.4, 0.5) is 0 Å². The molecule has 1 aromatic carbocycles. The van der Waals surface area contributed by atoms with Crippen molar-refractivity contribution in [1.82, 2.24) is 24.8 Å². The van der Waals surface area contributed by atoms with Gasteiger partial charge in [-0.25, -0.2) is 0 Å². The van der Waals surface area contributed by atoms with Crippen LogP contribution >= 0.6 is 0 Å². The highest BCUT2D eigenvalue weighted by molar-refractivity contribution is 5.97. The second-order valence-electron chi connectivity index (χ2n) is 7.36. The summed E-state index contributed by atoms with van der Waals surface area (Å²) in [6.07, 6.45) is 7.24. The number of nitrogens with zero attached hydrogens (tertiary/aromatic N) is 5. The minimum Gasteiger partial charge on any atom is -0.334 e. The molecule has 0 aliphatic carbocycles. The summed E-state index contributed by atoms with van der Waals surface area (Å²) >= 11 is 0. The molecule has 0 saturated carbocycles. The third-order valence-corrected chi connectivity index (χ3v) is 5.24. The normalized spacial score (nSPS) is 17.2. The average molecular weight is 393 g/mol. The molecule has 4 rings (SSSR count). The highest BCUT2D eigenvalue weighted by Gasteiger charge is 2.31. The summed E-state index contributed by atoms with van der Waals surface area (Å²) in [5.74, 6) is 0.807. The molecule has 2 aromatic heterocycles. The first-order valence-electron chi connectivity index (χ1n) is 9.77. The predicted octanol–water partition coefficient (Wildman–Crippen LogP) is 3.43. The Kier molecular flexibility index (Phi) is 5.24. The van der Waals surface area contributed by atoms with Crippen molar-refractivity contribution in [3.05, 3.63) is 53.6 Å². The molecule has 150 valence electrons. The molecule has 8 nitrogen and oxygen atoms in total. The monoisotopic (exact) mass is 393 g/mol. The molecular formula is C21H23N5O3. The second kappa shape index (κ2) is 7.98. The zero-order chi connectivity index (χ0) is 20.4. The summed E-state index contributed by atoms with van der Waals surface area (Å²) in [4.78, 5) is 31.1. The quantitative estimate of drug-likeness (QED) is 0.630. The van der Waals surface area contributed by atoms with Crippen LogP contribution in [0.1, 0.15) is 65.2 Å². The largest absolute Gasteiger partial charge is 0.334 e. The van der Waals surface area contributed by atoms with Crippen molar-refractivity contribution >= 4 is 11.7 Å². The Labute approximate surface area is 168 Å². The Morgan fingerprint density at radius 2 is 1.86 bits per heavy atom. The van der Waals surface area contributed by atoms with Gasteiger partial charge in [0, 0.05) is 30.9 Å². The van der Waals surface area contributed by atoms with Gasteiger partial charge in [0.2, 0.25) is 0 Å². The molecule has 0 bridgehead atoms. The summed E-state index contributed by atoms with van der Waals surface area (Å²) in [5, 5.41) is 8.30. The summed E-state index contributed by atoms with van der Waals surface area (Å²) in [5.41, 5.74) is 1.89. The van der Waals surface area contributed by atoms with Crippen LogP contribution < -0.4 is 0 Å². The van der Waals surface area contributed by atoms with Gasteiger partial charge >= 0.3 is 0 Å². The van der Waals surface area contributed by atoms with Gasteiger partial charge in [-0.3, -0.25) is 14.3 Å². The van der Waals surface area contributed by atoms with E-state index in [1.165, 1.54) is 6.92 Å². The van der Waals surface area contributed by atoms with Gasteiger partial charge in [-0.05, 0) is 31.9 Å². The minimum absolute atomic E-state index is 0.0219. The molecule has 3 aromatic rings. The van der Waals surface area contributed by atoms with Crippen molar-refractivity contribution in [3.8, 4) is 11.5 Å². The van der Waals surface area contributed by atoms with Gasteiger partial charge in [0.15, 0.2) is 11.6 Å². The first-order chi connectivity index (χ1) is 14.0. The van der Waals surface area contributed by atoms with Crippen LogP contribution in [0.3, 0.4) is 0 Å². The fourth-order valence-corrected chi connectivity index (χ4v) is 3.65. The summed E-state index contributed by atoms with van der Waals surface area (Å²) in [6.45, 7) is 2.15. The van der Waals surface area contributed by atoms with E-state index in [4.69, 9.17) is 4.52 Å². The fourth-order valence-electron chi connectivity index (χ4n) is 3.65. The second-order valence-corrected chi connectivity index (χ2v) is 7.36. The van der Waals surface area contributed by atoms with Crippen LogP contribution in [-0.4, -0.2) is 43.1 Å². The van der Waals surface area contributed by atoms with Crippen LogP contribution in [-0.2, 0) is 7.05 Å². The SMILES string of the molecule is CC(=O)c1ccc(C(=O)N2CCCCC[C@@H]2c2noc(-c3cnn(C)c3)n2)cc1. The zero-order valence-corrected chi connectivity index (χ0v) is 16.5. The number of aryl methyl sites for hydroxylation is 1. The molecule has 1 amide bonds. The molecule has 1 fully saturated rings. The van der Waals surface area contributed by atoms with Crippen molar-refractivity contribution in [1.29, 1.82) is 0 Å². The maximum absolute atomic E-state index is 13.2. The van der Waals surface area contributed by atoms with Crippen molar-refractivity contribution in [2.75, 3.05) is 6.54 Å². The number of benzene rings is 1. The topological polar surface area (TPSA) is 94.1 Å². The number of amides is 1. The Morgan fingerprint density at radius 1 is 1.10 bits per heavy atom. The first kappa shape index (κ1) is 19.0. The highest BCUT2D eigenvalue weighted by Crippen LogP contribution is 2.31. The fraction of sp³-hybridized carbons (Fsp3) is 0.381. The van der Waals surface area contributed by atoms with Gasteiger partial charge in [-0.15, -0.1) is 0 Å². The van der Waals surface area contributed by atoms with E-state index < -0.39 is 0 Å². The molecule has 1 atom stereocenters. The lowest BCUT2D eigenvalue weighted by atomic mass is 10.1. The lowest BCUT2D eigenvalue weighted by Crippen LogP contribution is -2.35. The molecule has 0 spiro atoms. The number of hydrogen-bond donors (Lipinski definition) is 0. The van der Waals surface area contributed by atoms with Crippen LogP contribution in [0.5, 0.6) is 0 Å². The number of likely N-dealkylation sites (tertiary alicyclic amines) is 1. The van der Waals surface area contributed by atoms with E-state index in [0.717, 1.165) is 31.2 Å². The van der Waals surface area contributed by atoms with Crippen molar-refractivity contribution in [2.24, 2.45) is 7.05 Å². The molecule has 0 unspecified atom stereocenters. The molecule has 1 saturated heterocycles. The van der Waals surface area contributed by atoms with Gasteiger partial charge in [0.05, 0.1) is 17.8 Å². The maximum atomic E-state index is 13.2. The molecule has 3 heterocycles. The third-order valence-electron chi connectivity index (χ3n) is 5.24. The van der Waals surface area contributed by atoms with E-state index in [9.17, 15) is 9.59 Å². The van der Waals surface area contributed by atoms with Crippen LogP contribution in [0.2, 0.25) is 0 Å². The number of aromatic nitrogens is 4. The molecular weight excluding hydrogens is 370 g/mol. The third kappa shape index (κ3) is 3.96. The van der Waals surface area contributed by atoms with E-state index >= 15 is 0 Å². The summed E-state index contributed by atoms with van der Waals surface area (Å²) in [7, 11) is 1.82. The Balaban J connectivity index is 1.61. The zero-order valence-electron chi connectivity index (χ0n) is 16.5. The van der Waals surface area contributed by atoms with E-state index in [1.54, 1.807) is 35.1 Å². The van der Waals surface area contributed by atoms with Crippen molar-refractivity contribution < 1.29 is 14.1 Å². The molecule has 0 radical (unpaired) electrons. The molecule has 1 aliphatic rings. The summed E-state index contributed by atoms with van der Waals surface area (Å²) < 4.78 is 7.12. The Morgan fingerprint density at radius 3 is 2.55 bits per heavy atom. The number of rotatable bonds is 4. The number of Topliss-reactive ketones (excluding diaryl/α,β-unsaturated/α-hetero) is 1. The number of hydrogen-bond acceptors (Lipinski definition) is 6. The van der Waals surface area contributed by atoms with Crippen LogP contribution in [0, 0.1) is 0 Å². The molecule has 29 heavy (non-hydrogen) atoms.